The second-order valence-corrected chi connectivity index (χ2v) is 4.54. The smallest absolute Gasteiger partial charge is 0.376 e. The fourth-order valence-electron chi connectivity index (χ4n) is 1.25. The van der Waals surface area contributed by atoms with Crippen LogP contribution in [0.25, 0.3) is 0 Å². The number of rotatable bonds is 5. The van der Waals surface area contributed by atoms with Crippen molar-refractivity contribution in [2.75, 3.05) is 13.2 Å². The molecule has 0 saturated carbocycles. The lowest BCUT2D eigenvalue weighted by atomic mass is 10.2. The number of hydrogen-bond donors (Lipinski definition) is 1. The summed E-state index contributed by atoms with van der Waals surface area (Å²) in [6.07, 6.45) is -4.93. The van der Waals surface area contributed by atoms with Gasteiger partial charge in [0.2, 0.25) is 0 Å². The van der Waals surface area contributed by atoms with Gasteiger partial charge in [0.1, 0.15) is 0 Å². The third kappa shape index (κ3) is 6.05. The summed E-state index contributed by atoms with van der Waals surface area (Å²) in [6.45, 7) is 0.674. The molecule has 0 unspecified atom stereocenters. The highest BCUT2D eigenvalue weighted by Crippen LogP contribution is 2.21. The first-order valence-corrected chi connectivity index (χ1v) is 6.30. The van der Waals surface area contributed by atoms with Crippen molar-refractivity contribution in [1.82, 2.24) is 0 Å². The van der Waals surface area contributed by atoms with Crippen molar-refractivity contribution in [3.8, 4) is 11.8 Å². The molecule has 0 aromatic carbocycles. The van der Waals surface area contributed by atoms with Crippen molar-refractivity contribution >= 4 is 11.3 Å². The average Bonchev–Trinajstić information content (AvgIpc) is 2.72. The second-order valence-electron chi connectivity index (χ2n) is 3.53. The molecular weight excluding hydrogens is 263 g/mol. The Balaban J connectivity index is 2.29. The van der Waals surface area contributed by atoms with Crippen molar-refractivity contribution in [2.24, 2.45) is 5.73 Å². The van der Waals surface area contributed by atoms with E-state index in [0.29, 0.717) is 6.61 Å². The van der Waals surface area contributed by atoms with Crippen LogP contribution >= 0.6 is 11.3 Å². The molecule has 0 saturated heterocycles. The molecule has 0 amide bonds. The lowest BCUT2D eigenvalue weighted by molar-refractivity contribution is -0.138. The molecule has 0 aliphatic rings. The highest BCUT2D eigenvalue weighted by Gasteiger charge is 2.25. The van der Waals surface area contributed by atoms with E-state index in [1.54, 1.807) is 0 Å². The van der Waals surface area contributed by atoms with Gasteiger partial charge in [-0.1, -0.05) is 11.8 Å². The summed E-state index contributed by atoms with van der Waals surface area (Å²) in [5, 5.41) is 1.87. The van der Waals surface area contributed by atoms with Crippen LogP contribution in [0.5, 0.6) is 0 Å². The van der Waals surface area contributed by atoms with Gasteiger partial charge in [-0.3, -0.25) is 0 Å². The zero-order chi connectivity index (χ0) is 13.4. The van der Waals surface area contributed by atoms with Gasteiger partial charge in [-0.15, -0.1) is 11.3 Å². The van der Waals surface area contributed by atoms with E-state index in [2.05, 4.69) is 11.8 Å². The minimum atomic E-state index is -4.11. The molecule has 1 heterocycles. The van der Waals surface area contributed by atoms with Crippen molar-refractivity contribution < 1.29 is 17.9 Å². The first-order chi connectivity index (χ1) is 8.53. The first-order valence-electron chi connectivity index (χ1n) is 5.43. The molecule has 1 aromatic rings. The van der Waals surface area contributed by atoms with Crippen molar-refractivity contribution in [3.63, 3.8) is 0 Å². The van der Waals surface area contributed by atoms with E-state index in [0.717, 1.165) is 10.4 Å². The maximum absolute atomic E-state index is 11.9. The number of hydrogen-bond acceptors (Lipinski definition) is 3. The maximum Gasteiger partial charge on any atom is 0.389 e. The van der Waals surface area contributed by atoms with Gasteiger partial charge >= 0.3 is 6.18 Å². The van der Waals surface area contributed by atoms with Crippen molar-refractivity contribution in [3.05, 3.63) is 21.9 Å². The van der Waals surface area contributed by atoms with E-state index >= 15 is 0 Å². The van der Waals surface area contributed by atoms with Crippen LogP contribution in [0.3, 0.4) is 0 Å². The van der Waals surface area contributed by atoms with Crippen LogP contribution in [0.15, 0.2) is 11.4 Å². The number of ether oxygens (including phenoxy) is 1. The number of halogens is 3. The number of alkyl halides is 3. The predicted octanol–water partition coefficient (Wildman–Crippen LogP) is 2.92. The van der Waals surface area contributed by atoms with Gasteiger partial charge in [0.15, 0.2) is 0 Å². The lowest BCUT2D eigenvalue weighted by Crippen LogP contribution is -2.08. The van der Waals surface area contributed by atoms with Crippen LogP contribution in [0.1, 0.15) is 23.3 Å². The zero-order valence-corrected chi connectivity index (χ0v) is 10.5. The Labute approximate surface area is 108 Å². The van der Waals surface area contributed by atoms with Gasteiger partial charge in [-0.05, 0) is 17.9 Å². The molecule has 18 heavy (non-hydrogen) atoms. The maximum atomic E-state index is 11.9. The molecule has 2 N–H and O–H groups in total. The van der Waals surface area contributed by atoms with Crippen LogP contribution in [0, 0.1) is 11.8 Å². The topological polar surface area (TPSA) is 35.2 Å². The Morgan fingerprint density at radius 1 is 1.39 bits per heavy atom. The normalized spacial score (nSPS) is 11.1. The van der Waals surface area contributed by atoms with Gasteiger partial charge in [-0.2, -0.15) is 13.2 Å². The van der Waals surface area contributed by atoms with Crippen LogP contribution in [0.4, 0.5) is 13.2 Å². The molecule has 2 nitrogen and oxygen atoms in total. The summed E-state index contributed by atoms with van der Waals surface area (Å²) in [6, 6.07) is 1.85. The molecular formula is C12H14F3NOS. The summed E-state index contributed by atoms with van der Waals surface area (Å²) in [5.41, 5.74) is 6.10. The van der Waals surface area contributed by atoms with Crippen molar-refractivity contribution in [1.29, 1.82) is 0 Å². The zero-order valence-electron chi connectivity index (χ0n) is 9.72. The SMILES string of the molecule is NCC#Cc1ccsc1COCCCC(F)(F)F. The van der Waals surface area contributed by atoms with Crippen LogP contribution in [-0.2, 0) is 11.3 Å². The molecule has 6 heteroatoms. The number of thiophene rings is 1. The van der Waals surface area contributed by atoms with Crippen molar-refractivity contribution in [2.45, 2.75) is 25.6 Å². The minimum Gasteiger partial charge on any atom is -0.376 e. The van der Waals surface area contributed by atoms with Gasteiger partial charge in [0, 0.05) is 23.5 Å². The summed E-state index contributed by atoms with van der Waals surface area (Å²) in [7, 11) is 0. The molecule has 1 rings (SSSR count). The molecule has 0 radical (unpaired) electrons. The van der Waals surface area contributed by atoms with E-state index in [-0.39, 0.29) is 19.6 Å². The molecule has 0 aliphatic heterocycles. The van der Waals surface area contributed by atoms with E-state index in [1.165, 1.54) is 11.3 Å². The quantitative estimate of drug-likeness (QED) is 0.663. The van der Waals surface area contributed by atoms with E-state index in [4.69, 9.17) is 10.5 Å². The van der Waals surface area contributed by atoms with E-state index < -0.39 is 12.6 Å². The van der Waals surface area contributed by atoms with E-state index in [1.807, 2.05) is 11.4 Å². The first kappa shape index (κ1) is 15.0. The summed E-state index contributed by atoms with van der Waals surface area (Å²) in [5.74, 6) is 5.63. The van der Waals surface area contributed by atoms with Gasteiger partial charge in [0.05, 0.1) is 13.2 Å². The Hall–Kier alpha value is -1.03. The monoisotopic (exact) mass is 277 g/mol. The predicted molar refractivity (Wildman–Crippen MR) is 65.2 cm³/mol. The third-order valence-corrected chi connectivity index (χ3v) is 2.95. The summed E-state index contributed by atoms with van der Waals surface area (Å²) < 4.78 is 40.8. The number of nitrogens with two attached hydrogens (primary N) is 1. The fourth-order valence-corrected chi connectivity index (χ4v) is 2.02. The van der Waals surface area contributed by atoms with Gasteiger partial charge < -0.3 is 10.5 Å². The molecule has 0 atom stereocenters. The van der Waals surface area contributed by atoms with Crippen LogP contribution in [0.2, 0.25) is 0 Å². The molecule has 0 fully saturated rings. The lowest BCUT2D eigenvalue weighted by Gasteiger charge is -2.06. The molecule has 0 spiro atoms. The van der Waals surface area contributed by atoms with Crippen LogP contribution < -0.4 is 5.73 Å². The highest BCUT2D eigenvalue weighted by molar-refractivity contribution is 7.10. The summed E-state index contributed by atoms with van der Waals surface area (Å²) >= 11 is 1.47. The highest BCUT2D eigenvalue weighted by atomic mass is 32.1. The Morgan fingerprint density at radius 2 is 2.17 bits per heavy atom. The Bertz CT molecular complexity index is 417. The fraction of sp³-hybridized carbons (Fsp3) is 0.500. The minimum absolute atomic E-state index is 0.0152. The molecule has 1 aromatic heterocycles. The Morgan fingerprint density at radius 3 is 2.83 bits per heavy atom. The molecule has 0 aliphatic carbocycles. The second kappa shape index (κ2) is 7.41. The standard InChI is InChI=1S/C12H14F3NOS/c13-12(14,15)5-2-7-17-9-11-10(3-1-6-16)4-8-18-11/h4,8H,2,5-7,9,16H2. The average molecular weight is 277 g/mol. The third-order valence-electron chi connectivity index (χ3n) is 2.05. The molecule has 100 valence electrons. The molecule has 0 bridgehead atoms. The van der Waals surface area contributed by atoms with Gasteiger partial charge in [-0.25, -0.2) is 0 Å². The van der Waals surface area contributed by atoms with Gasteiger partial charge in [0.25, 0.3) is 0 Å². The van der Waals surface area contributed by atoms with Crippen LogP contribution in [-0.4, -0.2) is 19.3 Å². The van der Waals surface area contributed by atoms with E-state index in [9.17, 15) is 13.2 Å². The Kier molecular flexibility index (Phi) is 6.19. The largest absolute Gasteiger partial charge is 0.389 e. The summed E-state index contributed by atoms with van der Waals surface area (Å²) in [4.78, 5) is 0.919.